The Labute approximate surface area is 231 Å². The first-order valence-electron chi connectivity index (χ1n) is 11.3. The Kier molecular flexibility index (Phi) is 12.6. The number of pyridine rings is 1. The molecule has 13 nitrogen and oxygen atoms in total. The summed E-state index contributed by atoms with van der Waals surface area (Å²) in [6.45, 7) is 0.556. The van der Waals surface area contributed by atoms with E-state index in [4.69, 9.17) is 35.5 Å². The third-order valence-electron chi connectivity index (χ3n) is 5.03. The second-order valence-electron chi connectivity index (χ2n) is 8.07. The smallest absolute Gasteiger partial charge is 0.475 e. The minimum Gasteiger partial charge on any atom is -0.475 e. The van der Waals surface area contributed by atoms with E-state index in [1.807, 2.05) is 0 Å². The zero-order chi connectivity index (χ0) is 32.3. The summed E-state index contributed by atoms with van der Waals surface area (Å²) in [6, 6.07) is 10.5. The van der Waals surface area contributed by atoms with Crippen LogP contribution in [-0.4, -0.2) is 73.8 Å². The molecule has 2 atom stereocenters. The molecule has 0 bridgehead atoms. The molecule has 0 unspecified atom stereocenters. The van der Waals surface area contributed by atoms with E-state index in [-0.39, 0.29) is 17.5 Å². The van der Waals surface area contributed by atoms with Crippen LogP contribution in [0.2, 0.25) is 0 Å². The maximum atomic E-state index is 12.5. The number of benzene rings is 1. The number of carboxylic acid groups (broad SMARTS) is 2. The number of hydrogen-bond acceptors (Lipinski definition) is 9. The normalized spacial score (nSPS) is 15.1. The molecule has 1 fully saturated rings. The molecule has 1 aliphatic heterocycles. The van der Waals surface area contributed by atoms with E-state index < -0.39 is 41.3 Å². The lowest BCUT2D eigenvalue weighted by atomic mass is 10.1. The molecule has 1 aromatic carbocycles. The number of hydrogen-bond donors (Lipinski definition) is 3. The molecule has 2 aromatic rings. The van der Waals surface area contributed by atoms with Gasteiger partial charge in [0.1, 0.15) is 11.8 Å². The van der Waals surface area contributed by atoms with Gasteiger partial charge in [-0.2, -0.15) is 31.6 Å². The van der Waals surface area contributed by atoms with Crippen molar-refractivity contribution in [1.29, 1.82) is 5.26 Å². The van der Waals surface area contributed by atoms with Crippen molar-refractivity contribution >= 4 is 23.5 Å². The molecule has 19 heteroatoms. The number of halogens is 6. The number of likely N-dealkylation sites (tertiary alicyclic amines) is 1. The molecule has 1 aliphatic rings. The van der Waals surface area contributed by atoms with Crippen molar-refractivity contribution in [2.75, 3.05) is 6.54 Å². The van der Waals surface area contributed by atoms with Gasteiger partial charge in [0.15, 0.2) is 0 Å². The van der Waals surface area contributed by atoms with Crippen molar-refractivity contribution in [1.82, 2.24) is 9.88 Å². The molecule has 1 saturated heterocycles. The number of ether oxygens (including phenoxy) is 1. The summed E-state index contributed by atoms with van der Waals surface area (Å²) in [5.74, 6) is -5.45. The van der Waals surface area contributed by atoms with E-state index in [1.165, 1.54) is 18.3 Å². The minimum absolute atomic E-state index is 0.0938. The summed E-state index contributed by atoms with van der Waals surface area (Å²) in [7, 11) is 0. The largest absolute Gasteiger partial charge is 0.490 e. The summed E-state index contributed by atoms with van der Waals surface area (Å²) in [5.41, 5.74) is 6.63. The molecule has 0 aliphatic carbocycles. The quantitative estimate of drug-likeness (QED) is 0.245. The van der Waals surface area contributed by atoms with E-state index in [0.29, 0.717) is 25.1 Å². The van der Waals surface area contributed by atoms with Crippen molar-refractivity contribution in [3.05, 3.63) is 58.3 Å². The predicted molar refractivity (Wildman–Crippen MR) is 127 cm³/mol. The number of nitro groups is 1. The number of aliphatic carboxylic acids is 2. The van der Waals surface area contributed by atoms with Crippen LogP contribution in [0.3, 0.4) is 0 Å². The Morgan fingerprint density at radius 1 is 1.12 bits per heavy atom. The van der Waals surface area contributed by atoms with Gasteiger partial charge < -0.3 is 25.6 Å². The van der Waals surface area contributed by atoms with Crippen LogP contribution in [0, 0.1) is 21.4 Å². The van der Waals surface area contributed by atoms with Crippen LogP contribution in [0.25, 0.3) is 0 Å². The topological polar surface area (TPSA) is 210 Å². The maximum absolute atomic E-state index is 12.5. The Hall–Kier alpha value is -4.99. The highest BCUT2D eigenvalue weighted by Gasteiger charge is 2.39. The van der Waals surface area contributed by atoms with Gasteiger partial charge in [-0.3, -0.25) is 14.9 Å². The lowest BCUT2D eigenvalue weighted by molar-refractivity contribution is -0.386. The van der Waals surface area contributed by atoms with Gasteiger partial charge in [0, 0.05) is 18.8 Å². The van der Waals surface area contributed by atoms with Crippen LogP contribution in [0.1, 0.15) is 18.4 Å². The van der Waals surface area contributed by atoms with Crippen molar-refractivity contribution in [3.8, 4) is 17.7 Å². The number of alkyl halides is 6. The van der Waals surface area contributed by atoms with Crippen LogP contribution in [-0.2, 0) is 20.8 Å². The number of amides is 1. The van der Waals surface area contributed by atoms with Gasteiger partial charge in [-0.1, -0.05) is 12.1 Å². The van der Waals surface area contributed by atoms with Crippen molar-refractivity contribution in [2.24, 2.45) is 5.73 Å². The Morgan fingerprint density at radius 3 is 2.10 bits per heavy atom. The van der Waals surface area contributed by atoms with Crippen LogP contribution in [0.4, 0.5) is 32.0 Å². The number of nitrogens with two attached hydrogens (primary N) is 1. The van der Waals surface area contributed by atoms with Crippen LogP contribution in [0.5, 0.6) is 11.6 Å². The average molecular weight is 609 g/mol. The fourth-order valence-electron chi connectivity index (χ4n) is 3.12. The standard InChI is InChI=1S/C19H19N5O4.2C2HF3O2/c20-12-14-3-2-10-23(14)19(25)16(21)11-13-5-7-15(8-6-13)28-18-17(24(26)27)4-1-9-22-18;2*3-2(4,5)1(6)7/h1,4-9,14,16H,2-3,10-11,21H2;2*(H,6,7)/t14-,16-;;/m0../s1. The Balaban J connectivity index is 0.000000522. The number of rotatable bonds is 6. The molecule has 3 rings (SSSR count). The Bertz CT molecular complexity index is 1270. The summed E-state index contributed by atoms with van der Waals surface area (Å²) in [4.78, 5) is 46.2. The predicted octanol–water partition coefficient (Wildman–Crippen LogP) is 3.43. The van der Waals surface area contributed by atoms with Gasteiger partial charge in [-0.15, -0.1) is 0 Å². The van der Waals surface area contributed by atoms with Gasteiger partial charge in [-0.05, 0) is 43.0 Å². The van der Waals surface area contributed by atoms with Crippen molar-refractivity contribution < 1.29 is 60.6 Å². The zero-order valence-electron chi connectivity index (χ0n) is 21.0. The van der Waals surface area contributed by atoms with Crippen molar-refractivity contribution in [3.63, 3.8) is 0 Å². The number of nitrogens with zero attached hydrogens (tertiary/aromatic N) is 4. The first-order valence-corrected chi connectivity index (χ1v) is 11.3. The van der Waals surface area contributed by atoms with Gasteiger partial charge in [-0.25, -0.2) is 14.6 Å². The van der Waals surface area contributed by atoms with Crippen molar-refractivity contribution in [2.45, 2.75) is 43.7 Å². The molecule has 4 N–H and O–H groups in total. The SMILES string of the molecule is N#C[C@@H]1CCCN1C(=O)[C@@H](N)Cc1ccc(Oc2ncccc2[N+](=O)[O-])cc1.O=C(O)C(F)(F)F.O=C(O)C(F)(F)F. The molecular formula is C23H21F6N5O8. The maximum Gasteiger partial charge on any atom is 0.490 e. The number of nitriles is 1. The fourth-order valence-corrected chi connectivity index (χ4v) is 3.12. The van der Waals surface area contributed by atoms with Crippen LogP contribution >= 0.6 is 0 Å². The van der Waals surface area contributed by atoms with Crippen LogP contribution < -0.4 is 10.5 Å². The fraction of sp³-hybridized carbons (Fsp3) is 0.348. The molecule has 42 heavy (non-hydrogen) atoms. The number of carbonyl (C=O) groups is 3. The first kappa shape index (κ1) is 35.0. The van der Waals surface area contributed by atoms with Crippen LogP contribution in [0.15, 0.2) is 42.6 Å². The lowest BCUT2D eigenvalue weighted by Crippen LogP contribution is -2.46. The van der Waals surface area contributed by atoms with E-state index in [2.05, 4.69) is 11.1 Å². The van der Waals surface area contributed by atoms with Gasteiger partial charge in [0.05, 0.1) is 17.0 Å². The summed E-state index contributed by atoms with van der Waals surface area (Å²) in [5, 5.41) is 34.4. The average Bonchev–Trinajstić information content (AvgIpc) is 3.38. The first-order chi connectivity index (χ1) is 19.4. The Morgan fingerprint density at radius 2 is 1.64 bits per heavy atom. The molecule has 1 aromatic heterocycles. The van der Waals surface area contributed by atoms with E-state index in [0.717, 1.165) is 12.0 Å². The highest BCUT2D eigenvalue weighted by molar-refractivity contribution is 5.83. The second-order valence-corrected chi connectivity index (χ2v) is 8.07. The molecule has 1 amide bonds. The van der Waals surface area contributed by atoms with Gasteiger partial charge in [0.2, 0.25) is 5.91 Å². The molecule has 0 saturated carbocycles. The van der Waals surface area contributed by atoms with E-state index in [1.54, 1.807) is 29.2 Å². The zero-order valence-corrected chi connectivity index (χ0v) is 21.0. The monoisotopic (exact) mass is 609 g/mol. The molecule has 2 heterocycles. The lowest BCUT2D eigenvalue weighted by Gasteiger charge is -2.23. The summed E-state index contributed by atoms with van der Waals surface area (Å²) >= 11 is 0. The third kappa shape index (κ3) is 11.2. The molecule has 0 radical (unpaired) electrons. The second kappa shape index (κ2) is 15.1. The summed E-state index contributed by atoms with van der Waals surface area (Å²) in [6.07, 6.45) is -6.95. The van der Waals surface area contributed by atoms with E-state index >= 15 is 0 Å². The number of aromatic nitrogens is 1. The highest BCUT2D eigenvalue weighted by atomic mass is 19.4. The number of carboxylic acids is 2. The minimum atomic E-state index is -5.08. The molecule has 0 spiro atoms. The molecule has 228 valence electrons. The van der Waals surface area contributed by atoms with Gasteiger partial charge >= 0.3 is 30.0 Å². The summed E-state index contributed by atoms with van der Waals surface area (Å²) < 4.78 is 69.0. The van der Waals surface area contributed by atoms with Gasteiger partial charge in [0.25, 0.3) is 5.88 Å². The molecular weight excluding hydrogens is 588 g/mol. The van der Waals surface area contributed by atoms with E-state index in [9.17, 15) is 41.3 Å². The number of carbonyl (C=O) groups excluding carboxylic acids is 1. The third-order valence-corrected chi connectivity index (χ3v) is 5.03. The highest BCUT2D eigenvalue weighted by Crippen LogP contribution is 2.28.